The molecule has 0 amide bonds. The fourth-order valence-electron chi connectivity index (χ4n) is 1.66. The SMILES string of the molecule is Nc1cccc(C(O)Cc2ccncc2Cl)c1. The van der Waals surface area contributed by atoms with Crippen LogP contribution in [-0.4, -0.2) is 10.1 Å². The van der Waals surface area contributed by atoms with Gasteiger partial charge in [0, 0.05) is 24.5 Å². The number of pyridine rings is 1. The molecule has 3 nitrogen and oxygen atoms in total. The molecule has 0 aliphatic heterocycles. The Labute approximate surface area is 105 Å². The van der Waals surface area contributed by atoms with Gasteiger partial charge in [-0.15, -0.1) is 0 Å². The quantitative estimate of drug-likeness (QED) is 0.821. The second kappa shape index (κ2) is 5.17. The number of nitrogens with two attached hydrogens (primary N) is 1. The summed E-state index contributed by atoms with van der Waals surface area (Å²) in [7, 11) is 0. The summed E-state index contributed by atoms with van der Waals surface area (Å²) in [4.78, 5) is 3.91. The van der Waals surface area contributed by atoms with Gasteiger partial charge in [0.05, 0.1) is 11.1 Å². The summed E-state index contributed by atoms with van der Waals surface area (Å²) in [6, 6.07) is 9.02. The molecule has 1 unspecified atom stereocenters. The maximum Gasteiger partial charge on any atom is 0.0831 e. The molecule has 0 bridgehead atoms. The van der Waals surface area contributed by atoms with E-state index < -0.39 is 6.10 Å². The van der Waals surface area contributed by atoms with Crippen LogP contribution in [0, 0.1) is 0 Å². The van der Waals surface area contributed by atoms with Gasteiger partial charge in [0.25, 0.3) is 0 Å². The Balaban J connectivity index is 2.17. The van der Waals surface area contributed by atoms with Crippen molar-refractivity contribution in [2.24, 2.45) is 0 Å². The Morgan fingerprint density at radius 3 is 2.88 bits per heavy atom. The van der Waals surface area contributed by atoms with Crippen molar-refractivity contribution >= 4 is 17.3 Å². The summed E-state index contributed by atoms with van der Waals surface area (Å²) in [5.74, 6) is 0. The summed E-state index contributed by atoms with van der Waals surface area (Å²) in [6.45, 7) is 0. The van der Waals surface area contributed by atoms with Crippen molar-refractivity contribution in [1.82, 2.24) is 4.98 Å². The van der Waals surface area contributed by atoms with E-state index in [0.29, 0.717) is 17.1 Å². The summed E-state index contributed by atoms with van der Waals surface area (Å²) in [5, 5.41) is 10.7. The minimum atomic E-state index is -0.613. The standard InChI is InChI=1S/C13H13ClN2O/c14-12-8-16-5-4-9(12)7-13(17)10-2-1-3-11(15)6-10/h1-6,8,13,17H,7,15H2. The maximum absolute atomic E-state index is 10.1. The molecule has 0 fully saturated rings. The van der Waals surface area contributed by atoms with E-state index in [1.807, 2.05) is 12.1 Å². The van der Waals surface area contributed by atoms with E-state index in [0.717, 1.165) is 11.1 Å². The topological polar surface area (TPSA) is 59.1 Å². The zero-order valence-electron chi connectivity index (χ0n) is 9.18. The minimum Gasteiger partial charge on any atom is -0.399 e. The molecule has 2 rings (SSSR count). The molecule has 1 aromatic heterocycles. The molecule has 0 saturated heterocycles. The third-order valence-electron chi connectivity index (χ3n) is 2.57. The van der Waals surface area contributed by atoms with Gasteiger partial charge < -0.3 is 10.8 Å². The largest absolute Gasteiger partial charge is 0.399 e. The molecule has 4 heteroatoms. The molecule has 2 aromatic rings. The van der Waals surface area contributed by atoms with Gasteiger partial charge in [0.15, 0.2) is 0 Å². The van der Waals surface area contributed by atoms with Gasteiger partial charge in [-0.2, -0.15) is 0 Å². The lowest BCUT2D eigenvalue weighted by Crippen LogP contribution is -2.03. The molecule has 0 spiro atoms. The highest BCUT2D eigenvalue weighted by atomic mass is 35.5. The van der Waals surface area contributed by atoms with Crippen LogP contribution in [0.15, 0.2) is 42.7 Å². The molecule has 3 N–H and O–H groups in total. The minimum absolute atomic E-state index is 0.449. The van der Waals surface area contributed by atoms with Crippen LogP contribution in [0.4, 0.5) is 5.69 Å². The van der Waals surface area contributed by atoms with Gasteiger partial charge in [-0.25, -0.2) is 0 Å². The summed E-state index contributed by atoms with van der Waals surface area (Å²) >= 11 is 5.99. The molecule has 1 heterocycles. The van der Waals surface area contributed by atoms with Crippen LogP contribution in [0.25, 0.3) is 0 Å². The normalized spacial score (nSPS) is 12.4. The number of aliphatic hydroxyl groups is 1. The van der Waals surface area contributed by atoms with Crippen LogP contribution in [0.5, 0.6) is 0 Å². The second-order valence-corrected chi connectivity index (χ2v) is 4.26. The number of benzene rings is 1. The third-order valence-corrected chi connectivity index (χ3v) is 2.91. The first-order valence-corrected chi connectivity index (χ1v) is 5.66. The van der Waals surface area contributed by atoms with Crippen molar-refractivity contribution in [2.45, 2.75) is 12.5 Å². The fourth-order valence-corrected chi connectivity index (χ4v) is 1.86. The van der Waals surface area contributed by atoms with Gasteiger partial charge in [-0.05, 0) is 29.3 Å². The van der Waals surface area contributed by atoms with E-state index in [4.69, 9.17) is 17.3 Å². The van der Waals surface area contributed by atoms with E-state index >= 15 is 0 Å². The van der Waals surface area contributed by atoms with Gasteiger partial charge in [-0.3, -0.25) is 4.98 Å². The monoisotopic (exact) mass is 248 g/mol. The number of hydrogen-bond donors (Lipinski definition) is 2. The van der Waals surface area contributed by atoms with Crippen LogP contribution in [0.3, 0.4) is 0 Å². The zero-order chi connectivity index (χ0) is 12.3. The molecule has 0 radical (unpaired) electrons. The zero-order valence-corrected chi connectivity index (χ0v) is 9.93. The molecule has 17 heavy (non-hydrogen) atoms. The summed E-state index contributed by atoms with van der Waals surface area (Å²) < 4.78 is 0. The molecule has 0 aliphatic rings. The molecule has 1 aromatic carbocycles. The lowest BCUT2D eigenvalue weighted by molar-refractivity contribution is 0.178. The number of rotatable bonds is 3. The van der Waals surface area contributed by atoms with Crippen molar-refractivity contribution in [3.8, 4) is 0 Å². The summed E-state index contributed by atoms with van der Waals surface area (Å²) in [5.41, 5.74) is 7.98. The maximum atomic E-state index is 10.1. The Morgan fingerprint density at radius 2 is 2.18 bits per heavy atom. The molecule has 88 valence electrons. The summed E-state index contributed by atoms with van der Waals surface area (Å²) in [6.07, 6.45) is 3.07. The average Bonchev–Trinajstić information content (AvgIpc) is 2.32. The van der Waals surface area contributed by atoms with E-state index in [1.165, 1.54) is 0 Å². The predicted octanol–water partition coefficient (Wildman–Crippen LogP) is 2.59. The van der Waals surface area contributed by atoms with Crippen LogP contribution < -0.4 is 5.73 Å². The number of anilines is 1. The van der Waals surface area contributed by atoms with E-state index in [-0.39, 0.29) is 0 Å². The third kappa shape index (κ3) is 2.96. The highest BCUT2D eigenvalue weighted by molar-refractivity contribution is 6.31. The lowest BCUT2D eigenvalue weighted by Gasteiger charge is -2.12. The van der Waals surface area contributed by atoms with Gasteiger partial charge in [0.1, 0.15) is 0 Å². The van der Waals surface area contributed by atoms with Gasteiger partial charge in [0.2, 0.25) is 0 Å². The van der Waals surface area contributed by atoms with Crippen molar-refractivity contribution in [3.63, 3.8) is 0 Å². The Morgan fingerprint density at radius 1 is 1.35 bits per heavy atom. The van der Waals surface area contributed by atoms with Crippen LogP contribution in [-0.2, 0) is 6.42 Å². The molecule has 1 atom stereocenters. The smallest absolute Gasteiger partial charge is 0.0831 e. The number of halogens is 1. The van der Waals surface area contributed by atoms with E-state index in [1.54, 1.807) is 30.6 Å². The molecular weight excluding hydrogens is 236 g/mol. The number of nitrogens with zero attached hydrogens (tertiary/aromatic N) is 1. The first-order chi connectivity index (χ1) is 8.16. The Hall–Kier alpha value is -1.58. The average molecular weight is 249 g/mol. The van der Waals surface area contributed by atoms with Crippen LogP contribution >= 0.6 is 11.6 Å². The van der Waals surface area contributed by atoms with Crippen molar-refractivity contribution < 1.29 is 5.11 Å². The van der Waals surface area contributed by atoms with Gasteiger partial charge >= 0.3 is 0 Å². The Bertz CT molecular complexity index is 516. The highest BCUT2D eigenvalue weighted by Gasteiger charge is 2.10. The van der Waals surface area contributed by atoms with E-state index in [2.05, 4.69) is 4.98 Å². The highest BCUT2D eigenvalue weighted by Crippen LogP contribution is 2.23. The Kier molecular flexibility index (Phi) is 3.61. The molecular formula is C13H13ClN2O. The first kappa shape index (κ1) is 11.9. The lowest BCUT2D eigenvalue weighted by atomic mass is 10.0. The van der Waals surface area contributed by atoms with Crippen molar-refractivity contribution in [3.05, 3.63) is 58.9 Å². The predicted molar refractivity (Wildman–Crippen MR) is 68.8 cm³/mol. The van der Waals surface area contributed by atoms with Crippen molar-refractivity contribution in [2.75, 3.05) is 5.73 Å². The van der Waals surface area contributed by atoms with Crippen molar-refractivity contribution in [1.29, 1.82) is 0 Å². The molecule has 0 aliphatic carbocycles. The van der Waals surface area contributed by atoms with Crippen LogP contribution in [0.2, 0.25) is 5.02 Å². The second-order valence-electron chi connectivity index (χ2n) is 3.86. The number of hydrogen-bond acceptors (Lipinski definition) is 3. The van der Waals surface area contributed by atoms with Gasteiger partial charge in [-0.1, -0.05) is 23.7 Å². The molecule has 0 saturated carbocycles. The number of nitrogen functional groups attached to an aromatic ring is 1. The number of aliphatic hydroxyl groups excluding tert-OH is 1. The first-order valence-electron chi connectivity index (χ1n) is 5.28. The van der Waals surface area contributed by atoms with Crippen LogP contribution in [0.1, 0.15) is 17.2 Å². The van der Waals surface area contributed by atoms with E-state index in [9.17, 15) is 5.11 Å². The fraction of sp³-hybridized carbons (Fsp3) is 0.154. The number of aromatic nitrogens is 1.